The maximum atomic E-state index is 5.14. The Bertz CT molecular complexity index is 1120. The van der Waals surface area contributed by atoms with Gasteiger partial charge >= 0.3 is 0 Å². The van der Waals surface area contributed by atoms with E-state index < -0.39 is 0 Å². The van der Waals surface area contributed by atoms with Gasteiger partial charge in [-0.15, -0.1) is 0 Å². The molecule has 4 heterocycles. The molecule has 31 heavy (non-hydrogen) atoms. The van der Waals surface area contributed by atoms with Crippen molar-refractivity contribution in [2.24, 2.45) is 4.99 Å². The Labute approximate surface area is 188 Å². The topological polar surface area (TPSA) is 36.7 Å². The molecule has 1 saturated heterocycles. The summed E-state index contributed by atoms with van der Waals surface area (Å²) in [6, 6.07) is 17.5. The highest BCUT2D eigenvalue weighted by atomic mass is 32.2. The van der Waals surface area contributed by atoms with Crippen molar-refractivity contribution in [2.45, 2.75) is 38.1 Å². The van der Waals surface area contributed by atoms with Gasteiger partial charge in [0.1, 0.15) is 6.04 Å². The SMILES string of the molecule is Cc1cc([C@H]2[C@@H](c3ccccn3)N=C3S[C@@H](C)CN32)c(C)n1-c1ccc(N(C)C)cc1. The third kappa shape index (κ3) is 3.43. The van der Waals surface area contributed by atoms with Gasteiger partial charge in [0.15, 0.2) is 5.17 Å². The van der Waals surface area contributed by atoms with Gasteiger partial charge in [0.25, 0.3) is 0 Å². The van der Waals surface area contributed by atoms with Crippen LogP contribution in [-0.4, -0.2) is 45.5 Å². The molecule has 3 atom stereocenters. The smallest absolute Gasteiger partial charge is 0.160 e. The number of rotatable bonds is 4. The van der Waals surface area contributed by atoms with Crippen molar-refractivity contribution in [1.29, 1.82) is 0 Å². The van der Waals surface area contributed by atoms with Crippen LogP contribution in [0, 0.1) is 13.8 Å². The van der Waals surface area contributed by atoms with Gasteiger partial charge in [-0.05, 0) is 61.9 Å². The van der Waals surface area contributed by atoms with Crippen molar-refractivity contribution in [1.82, 2.24) is 14.5 Å². The summed E-state index contributed by atoms with van der Waals surface area (Å²) in [5.41, 5.74) is 7.32. The molecule has 0 aliphatic carbocycles. The molecule has 0 amide bonds. The zero-order chi connectivity index (χ0) is 21.7. The van der Waals surface area contributed by atoms with E-state index in [9.17, 15) is 0 Å². The molecule has 0 saturated carbocycles. The number of amidine groups is 1. The zero-order valence-electron chi connectivity index (χ0n) is 18.8. The molecule has 160 valence electrons. The minimum atomic E-state index is 0.0290. The van der Waals surface area contributed by atoms with Crippen LogP contribution in [0.1, 0.15) is 41.7 Å². The molecule has 0 bridgehead atoms. The van der Waals surface area contributed by atoms with Gasteiger partial charge in [0, 0.05) is 54.8 Å². The van der Waals surface area contributed by atoms with E-state index >= 15 is 0 Å². The van der Waals surface area contributed by atoms with Crippen LogP contribution in [0.5, 0.6) is 0 Å². The van der Waals surface area contributed by atoms with Crippen LogP contribution in [0.25, 0.3) is 5.69 Å². The van der Waals surface area contributed by atoms with Crippen LogP contribution >= 0.6 is 11.8 Å². The average Bonchev–Trinajstić information content (AvgIpc) is 3.38. The number of benzene rings is 1. The highest BCUT2D eigenvalue weighted by Crippen LogP contribution is 2.48. The fraction of sp³-hybridized carbons (Fsp3) is 0.360. The number of pyridine rings is 1. The molecule has 2 aliphatic heterocycles. The van der Waals surface area contributed by atoms with Crippen molar-refractivity contribution < 1.29 is 0 Å². The van der Waals surface area contributed by atoms with Crippen molar-refractivity contribution in [3.63, 3.8) is 0 Å². The van der Waals surface area contributed by atoms with Crippen LogP contribution in [0.2, 0.25) is 0 Å². The van der Waals surface area contributed by atoms with Crippen LogP contribution < -0.4 is 4.90 Å². The van der Waals surface area contributed by atoms with Crippen molar-refractivity contribution in [2.75, 3.05) is 25.5 Å². The van der Waals surface area contributed by atoms with E-state index in [1.165, 1.54) is 28.3 Å². The van der Waals surface area contributed by atoms with Gasteiger partial charge in [0.2, 0.25) is 0 Å². The fourth-order valence-electron chi connectivity index (χ4n) is 4.84. The van der Waals surface area contributed by atoms with Crippen molar-refractivity contribution in [3.05, 3.63) is 77.4 Å². The zero-order valence-corrected chi connectivity index (χ0v) is 19.6. The molecule has 1 fully saturated rings. The normalized spacial score (nSPS) is 22.5. The Morgan fingerprint density at radius 3 is 2.52 bits per heavy atom. The first kappa shape index (κ1) is 20.2. The van der Waals surface area contributed by atoms with Crippen molar-refractivity contribution in [3.8, 4) is 5.69 Å². The lowest BCUT2D eigenvalue weighted by atomic mass is 9.96. The lowest BCUT2D eigenvalue weighted by molar-refractivity contribution is 0.320. The predicted octanol–water partition coefficient (Wildman–Crippen LogP) is 5.14. The quantitative estimate of drug-likeness (QED) is 0.573. The number of fused-ring (bicyclic) bond motifs is 1. The Balaban J connectivity index is 1.58. The molecule has 5 nitrogen and oxygen atoms in total. The Morgan fingerprint density at radius 2 is 1.84 bits per heavy atom. The van der Waals surface area contributed by atoms with E-state index in [1.54, 1.807) is 0 Å². The Morgan fingerprint density at radius 1 is 1.06 bits per heavy atom. The molecule has 3 aromatic rings. The van der Waals surface area contributed by atoms with Gasteiger partial charge in [-0.25, -0.2) is 0 Å². The lowest BCUT2D eigenvalue weighted by Gasteiger charge is -2.27. The highest BCUT2D eigenvalue weighted by molar-refractivity contribution is 8.14. The lowest BCUT2D eigenvalue weighted by Crippen LogP contribution is -2.28. The highest BCUT2D eigenvalue weighted by Gasteiger charge is 2.44. The number of thioether (sulfide) groups is 1. The van der Waals surface area contributed by atoms with E-state index in [0.717, 1.165) is 17.4 Å². The third-order valence-corrected chi connectivity index (χ3v) is 7.40. The fourth-order valence-corrected chi connectivity index (χ4v) is 5.93. The molecule has 2 aliphatic rings. The molecule has 0 spiro atoms. The first-order valence-corrected chi connectivity index (χ1v) is 11.7. The summed E-state index contributed by atoms with van der Waals surface area (Å²) in [6.45, 7) is 7.75. The van der Waals surface area contributed by atoms with Crippen LogP contribution in [0.3, 0.4) is 0 Å². The number of aliphatic imine (C=N–C) groups is 1. The van der Waals surface area contributed by atoms with Gasteiger partial charge in [-0.3, -0.25) is 9.98 Å². The largest absolute Gasteiger partial charge is 0.378 e. The van der Waals surface area contributed by atoms with Crippen molar-refractivity contribution >= 4 is 22.6 Å². The number of aryl methyl sites for hydroxylation is 1. The molecule has 0 radical (unpaired) electrons. The molecule has 0 N–H and O–H groups in total. The Hall–Kier alpha value is -2.73. The summed E-state index contributed by atoms with van der Waals surface area (Å²) in [7, 11) is 4.15. The minimum Gasteiger partial charge on any atom is -0.378 e. The minimum absolute atomic E-state index is 0.0290. The summed E-state index contributed by atoms with van der Waals surface area (Å²) in [6.07, 6.45) is 1.88. The summed E-state index contributed by atoms with van der Waals surface area (Å²) < 4.78 is 2.37. The first-order valence-electron chi connectivity index (χ1n) is 10.8. The number of aromatic nitrogens is 2. The van der Waals surface area contributed by atoms with Crippen LogP contribution in [0.15, 0.2) is 59.7 Å². The number of hydrogen-bond acceptors (Lipinski definition) is 5. The molecular weight excluding hydrogens is 402 g/mol. The maximum absolute atomic E-state index is 5.14. The summed E-state index contributed by atoms with van der Waals surface area (Å²) in [5.74, 6) is 0. The van der Waals surface area contributed by atoms with Gasteiger partial charge in [0.05, 0.1) is 11.7 Å². The molecule has 1 aromatic carbocycles. The predicted molar refractivity (Wildman–Crippen MR) is 130 cm³/mol. The second-order valence-corrected chi connectivity index (χ2v) is 10.1. The molecule has 2 aromatic heterocycles. The number of anilines is 1. The van der Waals surface area contributed by atoms with Crippen LogP contribution in [-0.2, 0) is 0 Å². The van der Waals surface area contributed by atoms with Crippen LogP contribution in [0.4, 0.5) is 5.69 Å². The monoisotopic (exact) mass is 431 g/mol. The van der Waals surface area contributed by atoms with Gasteiger partial charge in [-0.1, -0.05) is 24.8 Å². The number of nitrogens with zero attached hydrogens (tertiary/aromatic N) is 5. The molecule has 5 rings (SSSR count). The first-order chi connectivity index (χ1) is 14.9. The second kappa shape index (κ2) is 7.75. The third-order valence-electron chi connectivity index (χ3n) is 6.29. The van der Waals surface area contributed by atoms with E-state index in [4.69, 9.17) is 4.99 Å². The van der Waals surface area contributed by atoms with E-state index in [1.807, 2.05) is 24.0 Å². The summed E-state index contributed by atoms with van der Waals surface area (Å²) >= 11 is 1.89. The molecular formula is C25H29N5S. The maximum Gasteiger partial charge on any atom is 0.160 e. The Kier molecular flexibility index (Phi) is 5.05. The molecule has 6 heteroatoms. The van der Waals surface area contributed by atoms with E-state index in [2.05, 4.69) is 96.7 Å². The number of hydrogen-bond donors (Lipinski definition) is 0. The van der Waals surface area contributed by atoms with E-state index in [-0.39, 0.29) is 12.1 Å². The summed E-state index contributed by atoms with van der Waals surface area (Å²) in [5, 5.41) is 1.72. The van der Waals surface area contributed by atoms with Gasteiger partial charge in [-0.2, -0.15) is 0 Å². The standard InChI is InChI=1S/C25H29N5S/c1-16-14-21(18(3)30(16)20-11-9-19(10-12-20)28(4)5)24-23(22-8-6-7-13-26-22)27-25-29(24)15-17(2)31-25/h6-14,17,23-24H,15H2,1-5H3/t17-,23+,24-/m0/s1. The summed E-state index contributed by atoms with van der Waals surface area (Å²) in [4.78, 5) is 14.4. The average molecular weight is 432 g/mol. The van der Waals surface area contributed by atoms with E-state index in [0.29, 0.717) is 5.25 Å². The van der Waals surface area contributed by atoms with Gasteiger partial charge < -0.3 is 14.4 Å². The molecule has 0 unspecified atom stereocenters. The second-order valence-electron chi connectivity index (χ2n) is 8.71.